The molecule has 4 fully saturated rings. The van der Waals surface area contributed by atoms with Gasteiger partial charge in [0.25, 0.3) is 0 Å². The van der Waals surface area contributed by atoms with E-state index >= 15 is 0 Å². The fourth-order valence-corrected chi connectivity index (χ4v) is 7.29. The van der Waals surface area contributed by atoms with E-state index in [4.69, 9.17) is 0 Å². The summed E-state index contributed by atoms with van der Waals surface area (Å²) in [6.45, 7) is 4.74. The van der Waals surface area contributed by atoms with E-state index < -0.39 is 5.79 Å². The maximum absolute atomic E-state index is 10.5. The minimum atomic E-state index is -1.41. The lowest BCUT2D eigenvalue weighted by atomic mass is 9.45. The second kappa shape index (κ2) is 4.47. The number of hydrogen-bond donors (Lipinski definition) is 2. The highest BCUT2D eigenvalue weighted by Crippen LogP contribution is 2.67. The van der Waals surface area contributed by atoms with Crippen LogP contribution in [0, 0.1) is 34.5 Å². The Bertz CT molecular complexity index is 431. The van der Waals surface area contributed by atoms with Crippen molar-refractivity contribution in [2.45, 2.75) is 83.8 Å². The fourth-order valence-electron chi connectivity index (χ4n) is 7.29. The van der Waals surface area contributed by atoms with Crippen LogP contribution in [-0.2, 0) is 0 Å². The van der Waals surface area contributed by atoms with Gasteiger partial charge in [-0.1, -0.05) is 26.7 Å². The van der Waals surface area contributed by atoms with Crippen molar-refractivity contribution in [2.24, 2.45) is 34.5 Å². The summed E-state index contributed by atoms with van der Waals surface area (Å²) in [4.78, 5) is 0. The quantitative estimate of drug-likeness (QED) is 0.660. The Balaban J connectivity index is 1.66. The Morgan fingerprint density at radius 3 is 2.33 bits per heavy atom. The summed E-state index contributed by atoms with van der Waals surface area (Å²) in [6.07, 6.45) is 12.4. The van der Waals surface area contributed by atoms with E-state index in [-0.39, 0.29) is 5.41 Å². The van der Waals surface area contributed by atoms with E-state index in [2.05, 4.69) is 13.8 Å². The van der Waals surface area contributed by atoms with E-state index in [1.807, 2.05) is 0 Å². The van der Waals surface area contributed by atoms with Crippen LogP contribution in [0.1, 0.15) is 78.1 Å². The lowest BCUT2D eigenvalue weighted by Crippen LogP contribution is -2.56. The van der Waals surface area contributed by atoms with Crippen LogP contribution in [0.2, 0.25) is 0 Å². The molecular weight excluding hydrogens is 260 g/mol. The van der Waals surface area contributed by atoms with E-state index in [9.17, 15) is 10.2 Å². The highest BCUT2D eigenvalue weighted by molar-refractivity contribution is 5.10. The van der Waals surface area contributed by atoms with Crippen molar-refractivity contribution in [3.63, 3.8) is 0 Å². The highest BCUT2D eigenvalue weighted by Gasteiger charge is 2.64. The third-order valence-electron chi connectivity index (χ3n) is 8.69. The second-order valence-corrected chi connectivity index (χ2v) is 9.21. The molecule has 0 aliphatic heterocycles. The number of fused-ring (bicyclic) bond motifs is 5. The normalized spacial score (nSPS) is 55.4. The lowest BCUT2D eigenvalue weighted by molar-refractivity contribution is -0.251. The van der Waals surface area contributed by atoms with Crippen molar-refractivity contribution < 1.29 is 10.2 Å². The Labute approximate surface area is 129 Å². The number of hydrogen-bond acceptors (Lipinski definition) is 2. The van der Waals surface area contributed by atoms with Gasteiger partial charge in [-0.2, -0.15) is 0 Å². The Morgan fingerprint density at radius 1 is 0.762 bits per heavy atom. The van der Waals surface area contributed by atoms with Gasteiger partial charge in [0.05, 0.1) is 0 Å². The van der Waals surface area contributed by atoms with Gasteiger partial charge in [0, 0.05) is 11.8 Å². The maximum atomic E-state index is 10.5. The highest BCUT2D eigenvalue weighted by atomic mass is 16.5. The Hall–Kier alpha value is -0.0800. The van der Waals surface area contributed by atoms with Gasteiger partial charge in [-0.3, -0.25) is 0 Å². The van der Waals surface area contributed by atoms with Gasteiger partial charge < -0.3 is 10.2 Å². The molecule has 0 aromatic carbocycles. The molecule has 0 amide bonds. The zero-order chi connectivity index (χ0) is 14.9. The topological polar surface area (TPSA) is 40.5 Å². The van der Waals surface area contributed by atoms with Gasteiger partial charge in [0.1, 0.15) is 0 Å². The molecule has 21 heavy (non-hydrogen) atoms. The van der Waals surface area contributed by atoms with Crippen LogP contribution in [0.25, 0.3) is 0 Å². The van der Waals surface area contributed by atoms with Crippen molar-refractivity contribution in [1.29, 1.82) is 0 Å². The molecule has 0 aromatic heterocycles. The first-order valence-corrected chi connectivity index (χ1v) is 9.33. The SMILES string of the molecule is C[C@]12CCCC[C@@H]1CC[C@@H]1[C@@H]2CC[C@@]2(C)[C@H]1CCC2(O)O. The monoisotopic (exact) mass is 292 g/mol. The summed E-state index contributed by atoms with van der Waals surface area (Å²) in [5, 5.41) is 21.0. The summed E-state index contributed by atoms with van der Waals surface area (Å²) in [5.74, 6) is 1.69. The van der Waals surface area contributed by atoms with Crippen molar-refractivity contribution in [3.8, 4) is 0 Å². The Kier molecular flexibility index (Phi) is 3.09. The van der Waals surface area contributed by atoms with Gasteiger partial charge >= 0.3 is 0 Å². The molecule has 0 saturated heterocycles. The van der Waals surface area contributed by atoms with Crippen LogP contribution in [0.5, 0.6) is 0 Å². The molecule has 0 radical (unpaired) electrons. The molecule has 2 heteroatoms. The molecule has 4 rings (SSSR count). The molecule has 6 atom stereocenters. The van der Waals surface area contributed by atoms with Gasteiger partial charge in [0.2, 0.25) is 0 Å². The molecule has 0 unspecified atom stereocenters. The molecule has 2 N–H and O–H groups in total. The third-order valence-corrected chi connectivity index (χ3v) is 8.69. The summed E-state index contributed by atoms with van der Waals surface area (Å²) >= 11 is 0. The van der Waals surface area contributed by atoms with Crippen LogP contribution in [0.3, 0.4) is 0 Å². The molecule has 4 aliphatic rings. The molecule has 4 aliphatic carbocycles. The van der Waals surface area contributed by atoms with Crippen molar-refractivity contribution in [2.75, 3.05) is 0 Å². The molecule has 0 bridgehead atoms. The molecule has 120 valence electrons. The Morgan fingerprint density at radius 2 is 1.52 bits per heavy atom. The van der Waals surface area contributed by atoms with Crippen LogP contribution in [0.4, 0.5) is 0 Å². The predicted molar refractivity (Wildman–Crippen MR) is 83.5 cm³/mol. The molecule has 4 saturated carbocycles. The predicted octanol–water partition coefficient (Wildman–Crippen LogP) is 4.10. The van der Waals surface area contributed by atoms with Gasteiger partial charge in [0.15, 0.2) is 5.79 Å². The fraction of sp³-hybridized carbons (Fsp3) is 1.00. The third kappa shape index (κ3) is 1.78. The molecule has 0 heterocycles. The largest absolute Gasteiger partial charge is 0.365 e. The maximum Gasteiger partial charge on any atom is 0.168 e. The summed E-state index contributed by atoms with van der Waals surface area (Å²) in [7, 11) is 0. The summed E-state index contributed by atoms with van der Waals surface area (Å²) < 4.78 is 0. The van der Waals surface area contributed by atoms with E-state index in [1.165, 1.54) is 44.9 Å². The standard InChI is InChI=1S/C19H32O2/c1-17-10-4-3-5-13(17)6-7-14-15(17)8-11-18(2)16(14)9-12-19(18,20)21/h13-16,20-21H,3-12H2,1-2H3/t13-,14-,15+,16+,17+,18+/m1/s1. The van der Waals surface area contributed by atoms with E-state index in [0.29, 0.717) is 17.8 Å². The van der Waals surface area contributed by atoms with E-state index in [1.54, 1.807) is 0 Å². The van der Waals surface area contributed by atoms with Gasteiger partial charge in [-0.25, -0.2) is 0 Å². The van der Waals surface area contributed by atoms with Gasteiger partial charge in [-0.05, 0) is 74.0 Å². The number of rotatable bonds is 0. The summed E-state index contributed by atoms with van der Waals surface area (Å²) in [6, 6.07) is 0. The second-order valence-electron chi connectivity index (χ2n) is 9.21. The zero-order valence-electron chi connectivity index (χ0n) is 13.8. The first-order chi connectivity index (χ1) is 9.88. The zero-order valence-corrected chi connectivity index (χ0v) is 13.8. The summed E-state index contributed by atoms with van der Waals surface area (Å²) in [5.41, 5.74) is 0.310. The smallest absolute Gasteiger partial charge is 0.168 e. The van der Waals surface area contributed by atoms with Crippen LogP contribution >= 0.6 is 0 Å². The first-order valence-electron chi connectivity index (χ1n) is 9.33. The van der Waals surface area contributed by atoms with Gasteiger partial charge in [-0.15, -0.1) is 0 Å². The first kappa shape index (κ1) is 14.5. The van der Waals surface area contributed by atoms with Crippen LogP contribution in [-0.4, -0.2) is 16.0 Å². The van der Waals surface area contributed by atoms with Crippen molar-refractivity contribution in [1.82, 2.24) is 0 Å². The average molecular weight is 292 g/mol. The number of aliphatic hydroxyl groups is 2. The lowest BCUT2D eigenvalue weighted by Gasteiger charge is -2.60. The average Bonchev–Trinajstić information content (AvgIpc) is 2.69. The van der Waals surface area contributed by atoms with E-state index in [0.717, 1.165) is 30.6 Å². The van der Waals surface area contributed by atoms with Crippen molar-refractivity contribution in [3.05, 3.63) is 0 Å². The van der Waals surface area contributed by atoms with Crippen LogP contribution in [0.15, 0.2) is 0 Å². The molecule has 2 nitrogen and oxygen atoms in total. The van der Waals surface area contributed by atoms with Crippen LogP contribution < -0.4 is 0 Å². The molecular formula is C19H32O2. The van der Waals surface area contributed by atoms with Crippen molar-refractivity contribution >= 4 is 0 Å². The molecule has 0 spiro atoms. The minimum Gasteiger partial charge on any atom is -0.365 e. The molecule has 0 aromatic rings. The minimum absolute atomic E-state index is 0.244.